The molecule has 0 aromatic carbocycles. The average Bonchev–Trinajstić information content (AvgIpc) is 3.25. The lowest BCUT2D eigenvalue weighted by Crippen LogP contribution is -2.61. The molecular formula is C15H28N2O3. The molecule has 0 spiro atoms. The molecule has 2 rings (SSSR count). The van der Waals surface area contributed by atoms with Crippen LogP contribution in [0.2, 0.25) is 0 Å². The standard InChI is InChI=1S/C15H28N2O3/c1-11(2)9-19-7-8-20-10-15(14(16)18,12-3-4-12)17-13-5-6-13/h11-13,17H,3-10H2,1-2H3,(H2,16,18). The predicted molar refractivity (Wildman–Crippen MR) is 77.3 cm³/mol. The molecule has 0 aromatic rings. The van der Waals surface area contributed by atoms with E-state index < -0.39 is 5.54 Å². The van der Waals surface area contributed by atoms with Crippen molar-refractivity contribution in [3.05, 3.63) is 0 Å². The summed E-state index contributed by atoms with van der Waals surface area (Å²) in [4.78, 5) is 11.9. The number of hydrogen-bond acceptors (Lipinski definition) is 4. The zero-order chi connectivity index (χ0) is 14.6. The zero-order valence-electron chi connectivity index (χ0n) is 12.7. The van der Waals surface area contributed by atoms with Gasteiger partial charge in [0.05, 0.1) is 19.8 Å². The SMILES string of the molecule is CC(C)COCCOCC(NC1CC1)(C(N)=O)C1CC1. The van der Waals surface area contributed by atoms with Crippen molar-refractivity contribution in [1.82, 2.24) is 5.32 Å². The van der Waals surface area contributed by atoms with E-state index >= 15 is 0 Å². The van der Waals surface area contributed by atoms with Gasteiger partial charge in [-0.25, -0.2) is 0 Å². The fourth-order valence-corrected chi connectivity index (χ4v) is 2.46. The Hall–Kier alpha value is -0.650. The van der Waals surface area contributed by atoms with Gasteiger partial charge in [-0.15, -0.1) is 0 Å². The molecule has 20 heavy (non-hydrogen) atoms. The highest BCUT2D eigenvalue weighted by atomic mass is 16.5. The Morgan fingerprint density at radius 2 is 1.90 bits per heavy atom. The maximum Gasteiger partial charge on any atom is 0.240 e. The molecular weight excluding hydrogens is 256 g/mol. The van der Waals surface area contributed by atoms with E-state index in [0.717, 1.165) is 32.3 Å². The topological polar surface area (TPSA) is 73.6 Å². The van der Waals surface area contributed by atoms with Gasteiger partial charge in [0.2, 0.25) is 5.91 Å². The molecule has 3 N–H and O–H groups in total. The van der Waals surface area contributed by atoms with Crippen LogP contribution in [0.5, 0.6) is 0 Å². The highest BCUT2D eigenvalue weighted by Crippen LogP contribution is 2.41. The quantitative estimate of drug-likeness (QED) is 0.556. The van der Waals surface area contributed by atoms with Crippen LogP contribution >= 0.6 is 0 Å². The molecule has 116 valence electrons. The molecule has 2 fully saturated rings. The largest absolute Gasteiger partial charge is 0.379 e. The van der Waals surface area contributed by atoms with Gasteiger partial charge in [0.1, 0.15) is 5.54 Å². The number of primary amides is 1. The highest BCUT2D eigenvalue weighted by Gasteiger charge is 2.52. The van der Waals surface area contributed by atoms with E-state index in [9.17, 15) is 4.79 Å². The lowest BCUT2D eigenvalue weighted by atomic mass is 9.93. The van der Waals surface area contributed by atoms with E-state index in [1.165, 1.54) is 0 Å². The minimum Gasteiger partial charge on any atom is -0.379 e. The van der Waals surface area contributed by atoms with Crippen molar-refractivity contribution in [3.63, 3.8) is 0 Å². The molecule has 2 aliphatic rings. The summed E-state index contributed by atoms with van der Waals surface area (Å²) in [5.74, 6) is 0.606. The van der Waals surface area contributed by atoms with Crippen molar-refractivity contribution < 1.29 is 14.3 Å². The molecule has 1 unspecified atom stereocenters. The van der Waals surface area contributed by atoms with Crippen molar-refractivity contribution in [1.29, 1.82) is 0 Å². The molecule has 0 aliphatic heterocycles. The summed E-state index contributed by atoms with van der Waals surface area (Å²) in [7, 11) is 0. The number of nitrogens with one attached hydrogen (secondary N) is 1. The molecule has 2 aliphatic carbocycles. The van der Waals surface area contributed by atoms with Crippen LogP contribution in [0.25, 0.3) is 0 Å². The first-order chi connectivity index (χ1) is 9.54. The summed E-state index contributed by atoms with van der Waals surface area (Å²) in [6, 6.07) is 0.448. The van der Waals surface area contributed by atoms with E-state index in [1.54, 1.807) is 0 Å². The van der Waals surface area contributed by atoms with Crippen LogP contribution in [0.3, 0.4) is 0 Å². The molecule has 0 heterocycles. The number of rotatable bonds is 11. The van der Waals surface area contributed by atoms with Crippen LogP contribution in [0.4, 0.5) is 0 Å². The summed E-state index contributed by atoms with van der Waals surface area (Å²) in [6.07, 6.45) is 4.41. The van der Waals surface area contributed by atoms with Crippen molar-refractivity contribution >= 4 is 5.91 Å². The van der Waals surface area contributed by atoms with E-state index in [2.05, 4.69) is 19.2 Å². The van der Waals surface area contributed by atoms with E-state index in [4.69, 9.17) is 15.2 Å². The van der Waals surface area contributed by atoms with Crippen LogP contribution in [-0.2, 0) is 14.3 Å². The molecule has 1 atom stereocenters. The van der Waals surface area contributed by atoms with Gasteiger partial charge in [0.25, 0.3) is 0 Å². The third kappa shape index (κ3) is 4.43. The first-order valence-corrected chi connectivity index (χ1v) is 7.77. The van der Waals surface area contributed by atoms with Crippen molar-refractivity contribution in [2.75, 3.05) is 26.4 Å². The first-order valence-electron chi connectivity index (χ1n) is 7.77. The lowest BCUT2D eigenvalue weighted by molar-refractivity contribution is -0.129. The Labute approximate surface area is 121 Å². The Morgan fingerprint density at radius 1 is 1.25 bits per heavy atom. The second-order valence-electron chi connectivity index (χ2n) is 6.55. The zero-order valence-corrected chi connectivity index (χ0v) is 12.7. The normalized spacial score (nSPS) is 21.9. The Balaban J connectivity index is 1.74. The van der Waals surface area contributed by atoms with Crippen molar-refractivity contribution in [2.45, 2.75) is 51.1 Å². The van der Waals surface area contributed by atoms with Crippen molar-refractivity contribution in [2.24, 2.45) is 17.6 Å². The Morgan fingerprint density at radius 3 is 2.40 bits per heavy atom. The van der Waals surface area contributed by atoms with Gasteiger partial charge in [0.15, 0.2) is 0 Å². The third-order valence-electron chi connectivity index (χ3n) is 3.91. The van der Waals surface area contributed by atoms with Gasteiger partial charge < -0.3 is 15.2 Å². The molecule has 1 amide bonds. The van der Waals surface area contributed by atoms with Crippen molar-refractivity contribution in [3.8, 4) is 0 Å². The van der Waals surface area contributed by atoms with Crippen LogP contribution in [0.15, 0.2) is 0 Å². The van der Waals surface area contributed by atoms with Gasteiger partial charge >= 0.3 is 0 Å². The molecule has 2 saturated carbocycles. The maximum atomic E-state index is 11.9. The molecule has 0 aromatic heterocycles. The maximum absolute atomic E-state index is 11.9. The predicted octanol–water partition coefficient (Wildman–Crippen LogP) is 1.06. The summed E-state index contributed by atoms with van der Waals surface area (Å²) in [5, 5.41) is 3.43. The van der Waals surface area contributed by atoms with E-state index in [0.29, 0.717) is 37.7 Å². The third-order valence-corrected chi connectivity index (χ3v) is 3.91. The van der Waals surface area contributed by atoms with Crippen LogP contribution in [0, 0.1) is 11.8 Å². The number of ether oxygens (including phenoxy) is 2. The number of carbonyl (C=O) groups is 1. The number of nitrogens with two attached hydrogens (primary N) is 1. The number of carbonyl (C=O) groups excluding carboxylic acids is 1. The van der Waals surface area contributed by atoms with Gasteiger partial charge in [-0.1, -0.05) is 13.8 Å². The average molecular weight is 284 g/mol. The van der Waals surface area contributed by atoms with E-state index in [1.807, 2.05) is 0 Å². The minimum atomic E-state index is -0.654. The molecule has 0 radical (unpaired) electrons. The summed E-state index contributed by atoms with van der Waals surface area (Å²) in [5.41, 5.74) is 5.00. The van der Waals surface area contributed by atoms with Gasteiger partial charge in [0, 0.05) is 12.6 Å². The van der Waals surface area contributed by atoms with Crippen LogP contribution < -0.4 is 11.1 Å². The smallest absolute Gasteiger partial charge is 0.240 e. The Bertz CT molecular complexity index is 327. The fraction of sp³-hybridized carbons (Fsp3) is 0.933. The van der Waals surface area contributed by atoms with E-state index in [-0.39, 0.29) is 5.91 Å². The second kappa shape index (κ2) is 6.87. The molecule has 0 bridgehead atoms. The summed E-state index contributed by atoms with van der Waals surface area (Å²) < 4.78 is 11.2. The number of hydrogen-bond donors (Lipinski definition) is 2. The second-order valence-corrected chi connectivity index (χ2v) is 6.55. The Kier molecular flexibility index (Phi) is 5.41. The highest BCUT2D eigenvalue weighted by molar-refractivity contribution is 5.86. The minimum absolute atomic E-state index is 0.269. The van der Waals surface area contributed by atoms with Gasteiger partial charge in [-0.05, 0) is 37.5 Å². The summed E-state index contributed by atoms with van der Waals surface area (Å²) >= 11 is 0. The summed E-state index contributed by atoms with van der Waals surface area (Å²) in [6.45, 7) is 6.43. The number of amides is 1. The molecule has 0 saturated heterocycles. The van der Waals surface area contributed by atoms with Crippen LogP contribution in [-0.4, -0.2) is 43.9 Å². The van der Waals surface area contributed by atoms with Gasteiger partial charge in [-0.3, -0.25) is 10.1 Å². The first kappa shape index (κ1) is 15.7. The van der Waals surface area contributed by atoms with Crippen LogP contribution in [0.1, 0.15) is 39.5 Å². The monoisotopic (exact) mass is 284 g/mol. The lowest BCUT2D eigenvalue weighted by Gasteiger charge is -2.32. The molecule has 5 heteroatoms. The van der Waals surface area contributed by atoms with Gasteiger partial charge in [-0.2, -0.15) is 0 Å². The molecule has 5 nitrogen and oxygen atoms in total. The fourth-order valence-electron chi connectivity index (χ4n) is 2.46.